The third-order valence-corrected chi connectivity index (χ3v) is 4.46. The smallest absolute Gasteiger partial charge is 0.161 e. The number of ether oxygens (including phenoxy) is 1. The number of benzene rings is 2. The van der Waals surface area contributed by atoms with Crippen molar-refractivity contribution in [3.63, 3.8) is 0 Å². The van der Waals surface area contributed by atoms with Gasteiger partial charge in [-0.1, -0.05) is 6.07 Å². The number of aryl methyl sites for hydroxylation is 1. The summed E-state index contributed by atoms with van der Waals surface area (Å²) in [7, 11) is 0. The van der Waals surface area contributed by atoms with E-state index in [1.54, 1.807) is 6.07 Å². The van der Waals surface area contributed by atoms with Crippen molar-refractivity contribution in [1.82, 2.24) is 4.90 Å². The second kappa shape index (κ2) is 7.23. The van der Waals surface area contributed by atoms with E-state index in [1.807, 2.05) is 32.9 Å². The predicted octanol–water partition coefficient (Wildman–Crippen LogP) is 4.80. The molecule has 1 N–H and O–H groups in total. The molecule has 1 aliphatic rings. The van der Waals surface area contributed by atoms with Gasteiger partial charge in [0, 0.05) is 24.2 Å². The van der Waals surface area contributed by atoms with Crippen LogP contribution in [0.1, 0.15) is 43.9 Å². The van der Waals surface area contributed by atoms with Gasteiger partial charge in [-0.3, -0.25) is 4.90 Å². The molecule has 2 aromatic carbocycles. The van der Waals surface area contributed by atoms with Gasteiger partial charge in [0.1, 0.15) is 17.2 Å². The molecule has 0 aromatic heterocycles. The molecule has 3 rings (SSSR count). The number of hydrogen-bond acceptors (Lipinski definition) is 3. The van der Waals surface area contributed by atoms with Gasteiger partial charge in [0.25, 0.3) is 0 Å². The highest BCUT2D eigenvalue weighted by Gasteiger charge is 2.24. The highest BCUT2D eigenvalue weighted by atomic mass is 19.1. The van der Waals surface area contributed by atoms with Crippen molar-refractivity contribution in [2.45, 2.75) is 52.3 Å². The molecule has 1 aliphatic heterocycles. The molecule has 0 fully saturated rings. The number of aromatic hydroxyl groups is 1. The Bertz CT molecular complexity index is 768. The molecule has 26 heavy (non-hydrogen) atoms. The maximum atomic E-state index is 13.8. The zero-order chi connectivity index (χ0) is 18.9. The maximum Gasteiger partial charge on any atom is 0.161 e. The molecule has 0 bridgehead atoms. The third kappa shape index (κ3) is 4.33. The molecule has 0 unspecified atom stereocenters. The minimum Gasteiger partial charge on any atom is -0.504 e. The average molecular weight is 361 g/mol. The standard InChI is InChI=1S/C21H25F2NO2/c1-21(2,3)26-20-11-14(6-9-19(20)25)5-4-10-24-12-15-16(13-24)18(23)8-7-17(15)22/h6-9,11,25H,4-5,10,12-13H2,1-3H3. The first-order chi connectivity index (χ1) is 12.2. The molecular formula is C21H25F2NO2. The van der Waals surface area contributed by atoms with Crippen molar-refractivity contribution >= 4 is 0 Å². The van der Waals surface area contributed by atoms with Gasteiger partial charge in [-0.2, -0.15) is 0 Å². The number of halogens is 2. The first kappa shape index (κ1) is 18.6. The van der Waals surface area contributed by atoms with Crippen LogP contribution in [0.4, 0.5) is 8.78 Å². The van der Waals surface area contributed by atoms with Crippen LogP contribution in [0.2, 0.25) is 0 Å². The molecule has 0 aliphatic carbocycles. The van der Waals surface area contributed by atoms with Gasteiger partial charge in [-0.25, -0.2) is 8.78 Å². The number of hydrogen-bond donors (Lipinski definition) is 1. The number of fused-ring (bicyclic) bond motifs is 1. The lowest BCUT2D eigenvalue weighted by molar-refractivity contribution is 0.126. The summed E-state index contributed by atoms with van der Waals surface area (Å²) in [5.41, 5.74) is 1.65. The van der Waals surface area contributed by atoms with Crippen LogP contribution in [0, 0.1) is 11.6 Å². The fraction of sp³-hybridized carbons (Fsp3) is 0.429. The minimum atomic E-state index is -0.383. The Morgan fingerprint density at radius 3 is 2.23 bits per heavy atom. The Morgan fingerprint density at radius 1 is 1.04 bits per heavy atom. The Balaban J connectivity index is 1.57. The first-order valence-corrected chi connectivity index (χ1v) is 8.92. The van der Waals surface area contributed by atoms with E-state index in [0.29, 0.717) is 30.0 Å². The summed E-state index contributed by atoms with van der Waals surface area (Å²) in [6, 6.07) is 7.78. The van der Waals surface area contributed by atoms with Gasteiger partial charge in [-0.05, 0) is 70.0 Å². The second-order valence-electron chi connectivity index (χ2n) is 7.82. The summed E-state index contributed by atoms with van der Waals surface area (Å²) in [6.07, 6.45) is 1.66. The van der Waals surface area contributed by atoms with Crippen LogP contribution in [0.5, 0.6) is 11.5 Å². The number of nitrogens with zero attached hydrogens (tertiary/aromatic N) is 1. The van der Waals surface area contributed by atoms with E-state index in [-0.39, 0.29) is 23.0 Å². The van der Waals surface area contributed by atoms with E-state index in [2.05, 4.69) is 4.90 Å². The Morgan fingerprint density at radius 2 is 1.65 bits per heavy atom. The van der Waals surface area contributed by atoms with Gasteiger partial charge < -0.3 is 9.84 Å². The number of phenolic OH excluding ortho intramolecular Hbond substituents is 1. The average Bonchev–Trinajstić information content (AvgIpc) is 2.98. The van der Waals surface area contributed by atoms with Gasteiger partial charge >= 0.3 is 0 Å². The van der Waals surface area contributed by atoms with Gasteiger partial charge in [0.05, 0.1) is 0 Å². The summed E-state index contributed by atoms with van der Waals surface area (Å²) >= 11 is 0. The Kier molecular flexibility index (Phi) is 5.19. The molecule has 2 aromatic rings. The molecule has 5 heteroatoms. The van der Waals surface area contributed by atoms with E-state index in [4.69, 9.17) is 4.74 Å². The molecule has 1 heterocycles. The molecule has 0 saturated carbocycles. The Hall–Kier alpha value is -2.14. The van der Waals surface area contributed by atoms with Crippen molar-refractivity contribution in [2.24, 2.45) is 0 Å². The zero-order valence-corrected chi connectivity index (χ0v) is 15.5. The van der Waals surface area contributed by atoms with Crippen LogP contribution in [-0.2, 0) is 19.5 Å². The number of rotatable bonds is 5. The summed E-state index contributed by atoms with van der Waals surface area (Å²) < 4.78 is 33.4. The van der Waals surface area contributed by atoms with E-state index in [0.717, 1.165) is 24.9 Å². The monoisotopic (exact) mass is 361 g/mol. The van der Waals surface area contributed by atoms with E-state index < -0.39 is 0 Å². The normalized spacial score (nSPS) is 14.5. The van der Waals surface area contributed by atoms with Crippen LogP contribution in [0.25, 0.3) is 0 Å². The molecule has 140 valence electrons. The lowest BCUT2D eigenvalue weighted by Gasteiger charge is -2.22. The lowest BCUT2D eigenvalue weighted by Crippen LogP contribution is -2.23. The SMILES string of the molecule is CC(C)(C)Oc1cc(CCCN2Cc3c(F)ccc(F)c3C2)ccc1O. The molecule has 0 atom stereocenters. The van der Waals surface area contributed by atoms with E-state index >= 15 is 0 Å². The predicted molar refractivity (Wildman–Crippen MR) is 97.3 cm³/mol. The minimum absolute atomic E-state index is 0.129. The van der Waals surface area contributed by atoms with Gasteiger partial charge in [-0.15, -0.1) is 0 Å². The van der Waals surface area contributed by atoms with Crippen LogP contribution in [0.15, 0.2) is 30.3 Å². The third-order valence-electron chi connectivity index (χ3n) is 4.46. The van der Waals surface area contributed by atoms with E-state index in [1.165, 1.54) is 12.1 Å². The summed E-state index contributed by atoms with van der Waals surface area (Å²) in [6.45, 7) is 7.46. The summed E-state index contributed by atoms with van der Waals surface area (Å²) in [5, 5.41) is 9.94. The molecular weight excluding hydrogens is 336 g/mol. The van der Waals surface area contributed by atoms with E-state index in [9.17, 15) is 13.9 Å². The highest BCUT2D eigenvalue weighted by molar-refractivity contribution is 5.42. The van der Waals surface area contributed by atoms with Crippen LogP contribution >= 0.6 is 0 Å². The maximum absolute atomic E-state index is 13.8. The largest absolute Gasteiger partial charge is 0.504 e. The van der Waals surface area contributed by atoms with Crippen molar-refractivity contribution < 1.29 is 18.6 Å². The van der Waals surface area contributed by atoms with Gasteiger partial charge in [0.15, 0.2) is 11.5 Å². The summed E-state index contributed by atoms with van der Waals surface area (Å²) in [5.74, 6) is -0.0462. The van der Waals surface area contributed by atoms with Crippen molar-refractivity contribution in [1.29, 1.82) is 0 Å². The topological polar surface area (TPSA) is 32.7 Å². The zero-order valence-electron chi connectivity index (χ0n) is 15.5. The van der Waals surface area contributed by atoms with Crippen molar-refractivity contribution in [2.75, 3.05) is 6.54 Å². The molecule has 0 amide bonds. The molecule has 0 spiro atoms. The van der Waals surface area contributed by atoms with Crippen molar-refractivity contribution in [3.05, 3.63) is 58.7 Å². The Labute approximate surface area is 153 Å². The van der Waals surface area contributed by atoms with Crippen molar-refractivity contribution in [3.8, 4) is 11.5 Å². The van der Waals surface area contributed by atoms with Gasteiger partial charge in [0.2, 0.25) is 0 Å². The fourth-order valence-corrected chi connectivity index (χ4v) is 3.27. The number of phenols is 1. The second-order valence-corrected chi connectivity index (χ2v) is 7.82. The van der Waals surface area contributed by atoms with Crippen LogP contribution < -0.4 is 4.74 Å². The first-order valence-electron chi connectivity index (χ1n) is 8.92. The van der Waals surface area contributed by atoms with Crippen LogP contribution in [-0.4, -0.2) is 22.2 Å². The molecule has 3 nitrogen and oxygen atoms in total. The van der Waals surface area contributed by atoms with Crippen LogP contribution in [0.3, 0.4) is 0 Å². The summed E-state index contributed by atoms with van der Waals surface area (Å²) in [4.78, 5) is 2.06. The highest BCUT2D eigenvalue weighted by Crippen LogP contribution is 2.31. The lowest BCUT2D eigenvalue weighted by atomic mass is 10.1. The molecule has 0 radical (unpaired) electrons. The fourth-order valence-electron chi connectivity index (χ4n) is 3.27. The quantitative estimate of drug-likeness (QED) is 0.831. The molecule has 0 saturated heterocycles.